The summed E-state index contributed by atoms with van der Waals surface area (Å²) in [5.41, 5.74) is 1.17. The lowest BCUT2D eigenvalue weighted by atomic mass is 9.84. The second-order valence-electron chi connectivity index (χ2n) is 6.75. The van der Waals surface area contributed by atoms with E-state index in [1.807, 2.05) is 17.0 Å². The van der Waals surface area contributed by atoms with Crippen molar-refractivity contribution in [1.82, 2.24) is 0 Å². The number of hydrogen-bond donors (Lipinski definition) is 1. The highest BCUT2D eigenvalue weighted by Crippen LogP contribution is 2.25. The molecule has 0 aromatic heterocycles. The number of nitrogens with zero attached hydrogens (tertiary/aromatic N) is 1. The van der Waals surface area contributed by atoms with Crippen LogP contribution in [0.15, 0.2) is 24.3 Å². The number of hydrogen-bond acceptors (Lipinski definition) is 1. The molecule has 21 heavy (non-hydrogen) atoms. The third-order valence-electron chi connectivity index (χ3n) is 5.60. The van der Waals surface area contributed by atoms with Gasteiger partial charge < -0.3 is 9.80 Å². The average Bonchev–Trinajstić information content (AvgIpc) is 2.56. The quantitative estimate of drug-likeness (QED) is 0.899. The summed E-state index contributed by atoms with van der Waals surface area (Å²) >= 11 is 0. The Bertz CT molecular complexity index is 429. The molecule has 0 radical (unpaired) electrons. The van der Waals surface area contributed by atoms with Crippen LogP contribution in [0.4, 0.5) is 10.1 Å². The van der Waals surface area contributed by atoms with E-state index in [1.165, 1.54) is 50.9 Å². The van der Waals surface area contributed by atoms with Crippen LogP contribution in [0.25, 0.3) is 0 Å². The topological polar surface area (TPSA) is 7.68 Å². The Morgan fingerprint density at radius 1 is 1.05 bits per heavy atom. The third-order valence-corrected chi connectivity index (χ3v) is 5.60. The van der Waals surface area contributed by atoms with Gasteiger partial charge in [-0.3, -0.25) is 0 Å². The second kappa shape index (κ2) is 6.78. The van der Waals surface area contributed by atoms with E-state index in [9.17, 15) is 4.39 Å². The van der Waals surface area contributed by atoms with Crippen LogP contribution in [0.1, 0.15) is 39.0 Å². The van der Waals surface area contributed by atoms with E-state index in [4.69, 9.17) is 0 Å². The van der Waals surface area contributed by atoms with Crippen molar-refractivity contribution in [2.24, 2.45) is 5.92 Å². The monoisotopic (exact) mass is 291 g/mol. The van der Waals surface area contributed by atoms with Crippen LogP contribution in [0.3, 0.4) is 0 Å². The Morgan fingerprint density at radius 2 is 1.67 bits per heavy atom. The van der Waals surface area contributed by atoms with Gasteiger partial charge in [-0.15, -0.1) is 0 Å². The third kappa shape index (κ3) is 3.57. The zero-order valence-corrected chi connectivity index (χ0v) is 13.2. The molecule has 0 atom stereocenters. The molecule has 1 N–H and O–H groups in total. The number of anilines is 1. The van der Waals surface area contributed by atoms with Crippen LogP contribution in [0, 0.1) is 11.7 Å². The number of halogens is 1. The number of rotatable bonds is 3. The van der Waals surface area contributed by atoms with E-state index >= 15 is 0 Å². The summed E-state index contributed by atoms with van der Waals surface area (Å²) in [4.78, 5) is 4.21. The van der Waals surface area contributed by atoms with E-state index < -0.39 is 0 Å². The summed E-state index contributed by atoms with van der Waals surface area (Å²) in [5.74, 6) is 0.844. The average molecular weight is 291 g/mol. The zero-order valence-electron chi connectivity index (χ0n) is 13.2. The van der Waals surface area contributed by atoms with Crippen LogP contribution >= 0.6 is 0 Å². The summed E-state index contributed by atoms with van der Waals surface area (Å²) in [5, 5.41) is 0. The van der Waals surface area contributed by atoms with Gasteiger partial charge in [-0.25, -0.2) is 4.39 Å². The summed E-state index contributed by atoms with van der Waals surface area (Å²) in [6, 6.07) is 7.85. The van der Waals surface area contributed by atoms with Crippen LogP contribution in [-0.4, -0.2) is 32.2 Å². The molecule has 3 rings (SSSR count). The number of piperazine rings is 1. The van der Waals surface area contributed by atoms with E-state index in [0.717, 1.165) is 25.0 Å². The fourth-order valence-electron chi connectivity index (χ4n) is 4.09. The molecular formula is C18H28FN2+. The van der Waals surface area contributed by atoms with Crippen molar-refractivity contribution in [3.63, 3.8) is 0 Å². The molecule has 1 heterocycles. The van der Waals surface area contributed by atoms with Gasteiger partial charge in [-0.05, 0) is 55.9 Å². The Kier molecular flexibility index (Phi) is 4.79. The zero-order chi connectivity index (χ0) is 14.7. The molecule has 0 spiro atoms. The maximum Gasteiger partial charge on any atom is 0.123 e. The first-order valence-corrected chi connectivity index (χ1v) is 8.61. The molecule has 0 amide bonds. The van der Waals surface area contributed by atoms with E-state index in [1.54, 1.807) is 12.1 Å². The van der Waals surface area contributed by atoms with Crippen molar-refractivity contribution >= 4 is 5.69 Å². The molecule has 0 unspecified atom stereocenters. The second-order valence-corrected chi connectivity index (χ2v) is 6.75. The first-order valence-electron chi connectivity index (χ1n) is 8.61. The summed E-state index contributed by atoms with van der Waals surface area (Å²) < 4.78 is 13.0. The van der Waals surface area contributed by atoms with Crippen LogP contribution in [-0.2, 0) is 0 Å². The smallest absolute Gasteiger partial charge is 0.123 e. The van der Waals surface area contributed by atoms with Gasteiger partial charge >= 0.3 is 0 Å². The Morgan fingerprint density at radius 3 is 2.24 bits per heavy atom. The summed E-state index contributed by atoms with van der Waals surface area (Å²) in [7, 11) is 0. The lowest BCUT2D eigenvalue weighted by Crippen LogP contribution is -3.18. The van der Waals surface area contributed by atoms with Crippen molar-refractivity contribution in [3.8, 4) is 0 Å². The van der Waals surface area contributed by atoms with Gasteiger partial charge in [0, 0.05) is 5.69 Å². The molecule has 1 aromatic rings. The van der Waals surface area contributed by atoms with Gasteiger partial charge in [0.1, 0.15) is 5.82 Å². The normalized spacial score (nSPS) is 27.8. The Balaban J connectivity index is 1.50. The molecule has 116 valence electrons. The molecule has 0 bridgehead atoms. The fraction of sp³-hybridized carbons (Fsp3) is 0.667. The highest BCUT2D eigenvalue weighted by atomic mass is 19.1. The van der Waals surface area contributed by atoms with E-state index in [-0.39, 0.29) is 5.82 Å². The van der Waals surface area contributed by atoms with Gasteiger partial charge in [-0.2, -0.15) is 0 Å². The fourth-order valence-corrected chi connectivity index (χ4v) is 4.09. The summed E-state index contributed by atoms with van der Waals surface area (Å²) in [6.45, 7) is 7.01. The van der Waals surface area contributed by atoms with Crippen molar-refractivity contribution in [2.45, 2.75) is 45.1 Å². The van der Waals surface area contributed by atoms with Gasteiger partial charge in [-0.1, -0.05) is 13.3 Å². The minimum atomic E-state index is -0.143. The molecule has 1 saturated carbocycles. The number of benzene rings is 1. The standard InChI is InChI=1S/C18H27FN2/c1-2-15-3-7-17(8-4-15)20-11-13-21(14-12-20)18-9-5-16(19)6-10-18/h5-6,9-10,15,17H,2-4,7-8,11-14H2,1H3/p+1. The van der Waals surface area contributed by atoms with Gasteiger partial charge in [0.2, 0.25) is 0 Å². The van der Waals surface area contributed by atoms with Crippen molar-refractivity contribution in [3.05, 3.63) is 30.1 Å². The highest BCUT2D eigenvalue weighted by molar-refractivity contribution is 5.46. The predicted molar refractivity (Wildman–Crippen MR) is 85.3 cm³/mol. The largest absolute Gasteiger partial charge is 0.360 e. The molecular weight excluding hydrogens is 263 g/mol. The molecule has 1 aromatic carbocycles. The lowest BCUT2D eigenvalue weighted by molar-refractivity contribution is -0.927. The van der Waals surface area contributed by atoms with Gasteiger partial charge in [0.25, 0.3) is 0 Å². The number of quaternary nitrogens is 1. The van der Waals surface area contributed by atoms with E-state index in [0.29, 0.717) is 0 Å². The van der Waals surface area contributed by atoms with Crippen molar-refractivity contribution in [2.75, 3.05) is 31.1 Å². The maximum atomic E-state index is 13.0. The van der Waals surface area contributed by atoms with E-state index in [2.05, 4.69) is 11.8 Å². The van der Waals surface area contributed by atoms with Crippen molar-refractivity contribution < 1.29 is 9.29 Å². The molecule has 1 saturated heterocycles. The van der Waals surface area contributed by atoms with Crippen LogP contribution < -0.4 is 9.80 Å². The molecule has 1 aliphatic heterocycles. The molecule has 2 fully saturated rings. The number of nitrogens with one attached hydrogen (secondary N) is 1. The Hall–Kier alpha value is -1.09. The molecule has 2 nitrogen and oxygen atoms in total. The van der Waals surface area contributed by atoms with Gasteiger partial charge in [0.05, 0.1) is 32.2 Å². The van der Waals surface area contributed by atoms with Crippen LogP contribution in [0.2, 0.25) is 0 Å². The molecule has 1 aliphatic carbocycles. The maximum absolute atomic E-state index is 13.0. The molecule has 3 heteroatoms. The predicted octanol–water partition coefficient (Wildman–Crippen LogP) is 2.50. The first kappa shape index (κ1) is 14.8. The van der Waals surface area contributed by atoms with Gasteiger partial charge in [0.15, 0.2) is 0 Å². The minimum Gasteiger partial charge on any atom is -0.360 e. The Labute approximate surface area is 127 Å². The summed E-state index contributed by atoms with van der Waals surface area (Å²) in [6.07, 6.45) is 7.08. The minimum absolute atomic E-state index is 0.143. The van der Waals surface area contributed by atoms with Crippen molar-refractivity contribution in [1.29, 1.82) is 0 Å². The SMILES string of the molecule is CCC1CCC([NH+]2CCN(c3ccc(F)cc3)CC2)CC1. The first-order chi connectivity index (χ1) is 10.3. The van der Waals surface area contributed by atoms with Crippen LogP contribution in [0.5, 0.6) is 0 Å². The lowest BCUT2D eigenvalue weighted by Gasteiger charge is -2.40. The molecule has 2 aliphatic rings. The highest BCUT2D eigenvalue weighted by Gasteiger charge is 2.30.